The lowest BCUT2D eigenvalue weighted by atomic mass is 9.97. The van der Waals surface area contributed by atoms with Crippen LogP contribution in [-0.4, -0.2) is 31.4 Å². The van der Waals surface area contributed by atoms with Crippen molar-refractivity contribution < 1.29 is 18.3 Å². The van der Waals surface area contributed by atoms with Gasteiger partial charge in [-0.1, -0.05) is 30.3 Å². The smallest absolute Gasteiger partial charge is 0.200 e. The molecule has 1 N–H and O–H groups in total. The second-order valence-electron chi connectivity index (χ2n) is 4.87. The standard InChI is InChI=1S/C15H17NO4S/c1-16-15(14-12(17)8-5-9-13(14)18)21(19,20)10-11-6-3-2-4-7-11/h2-4,6-7,17H,5,8-10H2,1H3. The van der Waals surface area contributed by atoms with Gasteiger partial charge in [-0.25, -0.2) is 8.42 Å². The summed E-state index contributed by atoms with van der Waals surface area (Å²) in [5, 5.41) is 9.57. The van der Waals surface area contributed by atoms with Gasteiger partial charge in [0.05, 0.1) is 11.3 Å². The van der Waals surface area contributed by atoms with E-state index < -0.39 is 9.84 Å². The van der Waals surface area contributed by atoms with Crippen molar-refractivity contribution in [2.45, 2.75) is 25.0 Å². The first-order chi connectivity index (χ1) is 9.95. The minimum Gasteiger partial charge on any atom is -0.511 e. The monoisotopic (exact) mass is 307 g/mol. The Morgan fingerprint density at radius 3 is 2.48 bits per heavy atom. The van der Waals surface area contributed by atoms with Gasteiger partial charge in [-0.3, -0.25) is 9.79 Å². The summed E-state index contributed by atoms with van der Waals surface area (Å²) >= 11 is 0. The zero-order chi connectivity index (χ0) is 15.5. The molecule has 21 heavy (non-hydrogen) atoms. The molecule has 1 aliphatic carbocycles. The number of aliphatic imine (C=N–C) groups is 1. The van der Waals surface area contributed by atoms with Crippen molar-refractivity contribution in [3.05, 3.63) is 47.2 Å². The zero-order valence-corrected chi connectivity index (χ0v) is 12.6. The summed E-state index contributed by atoms with van der Waals surface area (Å²) in [4.78, 5) is 15.7. The highest BCUT2D eigenvalue weighted by molar-refractivity contribution is 8.06. The number of aliphatic hydroxyl groups excluding tert-OH is 1. The van der Waals surface area contributed by atoms with Crippen LogP contribution in [0.5, 0.6) is 0 Å². The Morgan fingerprint density at radius 1 is 1.24 bits per heavy atom. The van der Waals surface area contributed by atoms with Crippen molar-refractivity contribution in [1.29, 1.82) is 0 Å². The third kappa shape index (κ3) is 3.39. The molecule has 1 aliphatic rings. The predicted molar refractivity (Wildman–Crippen MR) is 80.9 cm³/mol. The first-order valence-electron chi connectivity index (χ1n) is 6.65. The molecule has 0 aliphatic heterocycles. The Morgan fingerprint density at radius 2 is 1.90 bits per heavy atom. The van der Waals surface area contributed by atoms with Gasteiger partial charge in [-0.05, 0) is 12.0 Å². The van der Waals surface area contributed by atoms with Crippen LogP contribution >= 0.6 is 0 Å². The van der Waals surface area contributed by atoms with Gasteiger partial charge in [0.2, 0.25) is 0 Å². The number of rotatable bonds is 3. The number of hydrogen-bond donors (Lipinski definition) is 1. The third-order valence-electron chi connectivity index (χ3n) is 3.30. The topological polar surface area (TPSA) is 83.8 Å². The van der Waals surface area contributed by atoms with E-state index in [1.54, 1.807) is 30.3 Å². The summed E-state index contributed by atoms with van der Waals surface area (Å²) in [6, 6.07) is 8.68. The SMILES string of the molecule is CN=C(C1=C(O)CCCC1=O)S(=O)(=O)Cc1ccccc1. The summed E-state index contributed by atoms with van der Waals surface area (Å²) in [5.74, 6) is -0.788. The number of aliphatic hydroxyl groups is 1. The maximum absolute atomic E-state index is 12.5. The minimum absolute atomic E-state index is 0.139. The summed E-state index contributed by atoms with van der Waals surface area (Å²) < 4.78 is 25.0. The van der Waals surface area contributed by atoms with E-state index >= 15 is 0 Å². The maximum atomic E-state index is 12.5. The van der Waals surface area contributed by atoms with Gasteiger partial charge in [0.15, 0.2) is 20.7 Å². The predicted octanol–water partition coefficient (Wildman–Crippen LogP) is 2.19. The van der Waals surface area contributed by atoms with Gasteiger partial charge in [0.1, 0.15) is 5.76 Å². The number of ketones is 1. The molecule has 0 saturated heterocycles. The molecular formula is C15H17NO4S. The fraction of sp³-hybridized carbons (Fsp3) is 0.333. The minimum atomic E-state index is -3.78. The number of carbonyl (C=O) groups is 1. The molecule has 5 nitrogen and oxygen atoms in total. The molecule has 0 fully saturated rings. The first kappa shape index (κ1) is 15.4. The average Bonchev–Trinajstić information content (AvgIpc) is 2.43. The van der Waals surface area contributed by atoms with Crippen molar-refractivity contribution >= 4 is 20.7 Å². The summed E-state index contributed by atoms with van der Waals surface area (Å²) in [7, 11) is -2.46. The molecule has 1 aromatic rings. The van der Waals surface area contributed by atoms with Crippen molar-refractivity contribution in [3.8, 4) is 0 Å². The number of Topliss-reactive ketones (excluding diaryl/α,β-unsaturated/α-hetero) is 1. The second-order valence-corrected chi connectivity index (χ2v) is 6.78. The second kappa shape index (κ2) is 6.22. The van der Waals surface area contributed by atoms with Gasteiger partial charge in [-0.15, -0.1) is 0 Å². The molecule has 0 unspecified atom stereocenters. The number of nitrogens with zero attached hydrogens (tertiary/aromatic N) is 1. The fourth-order valence-electron chi connectivity index (χ4n) is 2.34. The number of benzene rings is 1. The van der Waals surface area contributed by atoms with Crippen LogP contribution in [-0.2, 0) is 20.4 Å². The molecular weight excluding hydrogens is 290 g/mol. The lowest BCUT2D eigenvalue weighted by Gasteiger charge is -2.16. The Balaban J connectivity index is 2.40. The number of allylic oxidation sites excluding steroid dienone is 1. The van der Waals surface area contributed by atoms with E-state index in [2.05, 4.69) is 4.99 Å². The third-order valence-corrected chi connectivity index (χ3v) is 4.99. The normalized spacial score (nSPS) is 17.2. The molecule has 0 spiro atoms. The number of hydrogen-bond acceptors (Lipinski definition) is 5. The van der Waals surface area contributed by atoms with E-state index in [9.17, 15) is 18.3 Å². The van der Waals surface area contributed by atoms with Crippen molar-refractivity contribution in [2.24, 2.45) is 4.99 Å². The van der Waals surface area contributed by atoms with Crippen LogP contribution in [0.3, 0.4) is 0 Å². The quantitative estimate of drug-likeness (QED) is 0.685. The number of sulfone groups is 1. The van der Waals surface area contributed by atoms with E-state index in [1.165, 1.54) is 7.05 Å². The maximum Gasteiger partial charge on any atom is 0.200 e. The molecule has 6 heteroatoms. The molecule has 0 atom stereocenters. The van der Waals surface area contributed by atoms with Gasteiger partial charge in [0.25, 0.3) is 0 Å². The van der Waals surface area contributed by atoms with Crippen LogP contribution in [0, 0.1) is 0 Å². The van der Waals surface area contributed by atoms with Crippen LogP contribution < -0.4 is 0 Å². The van der Waals surface area contributed by atoms with Gasteiger partial charge >= 0.3 is 0 Å². The highest BCUT2D eigenvalue weighted by Gasteiger charge is 2.32. The van der Waals surface area contributed by atoms with Crippen LogP contribution in [0.15, 0.2) is 46.7 Å². The fourth-order valence-corrected chi connectivity index (χ4v) is 3.93. The number of carbonyl (C=O) groups excluding carboxylic acids is 1. The van der Waals surface area contributed by atoms with Gasteiger partial charge in [-0.2, -0.15) is 0 Å². The molecule has 0 bridgehead atoms. The van der Waals surface area contributed by atoms with Gasteiger partial charge < -0.3 is 5.11 Å². The van der Waals surface area contributed by atoms with E-state index in [1.807, 2.05) is 0 Å². The molecule has 1 aromatic carbocycles. The molecule has 0 heterocycles. The van der Waals surface area contributed by atoms with Crippen LogP contribution in [0.2, 0.25) is 0 Å². The Bertz CT molecular complexity index is 702. The summed E-state index contributed by atoms with van der Waals surface area (Å²) in [5.41, 5.74) is 0.474. The highest BCUT2D eigenvalue weighted by atomic mass is 32.2. The lowest BCUT2D eigenvalue weighted by Crippen LogP contribution is -2.27. The molecule has 0 radical (unpaired) electrons. The zero-order valence-electron chi connectivity index (χ0n) is 11.7. The lowest BCUT2D eigenvalue weighted by molar-refractivity contribution is -0.115. The molecule has 0 aromatic heterocycles. The average molecular weight is 307 g/mol. The van der Waals surface area contributed by atoms with Crippen LogP contribution in [0.4, 0.5) is 0 Å². The van der Waals surface area contributed by atoms with Crippen molar-refractivity contribution in [2.75, 3.05) is 7.05 Å². The Labute approximate surface area is 123 Å². The molecule has 112 valence electrons. The van der Waals surface area contributed by atoms with Crippen LogP contribution in [0.1, 0.15) is 24.8 Å². The van der Waals surface area contributed by atoms with E-state index in [4.69, 9.17) is 0 Å². The molecule has 0 saturated carbocycles. The van der Waals surface area contributed by atoms with Gasteiger partial charge in [0, 0.05) is 19.9 Å². The molecule has 2 rings (SSSR count). The Kier molecular flexibility index (Phi) is 4.57. The van der Waals surface area contributed by atoms with E-state index in [0.29, 0.717) is 18.4 Å². The summed E-state index contributed by atoms with van der Waals surface area (Å²) in [6.07, 6.45) is 1.07. The highest BCUT2D eigenvalue weighted by Crippen LogP contribution is 2.24. The Hall–Kier alpha value is -1.95. The first-order valence-corrected chi connectivity index (χ1v) is 8.30. The van der Waals surface area contributed by atoms with E-state index in [-0.39, 0.29) is 34.3 Å². The van der Waals surface area contributed by atoms with E-state index in [0.717, 1.165) is 0 Å². The van der Waals surface area contributed by atoms with Crippen LogP contribution in [0.25, 0.3) is 0 Å². The van der Waals surface area contributed by atoms with Crippen molar-refractivity contribution in [3.63, 3.8) is 0 Å². The largest absolute Gasteiger partial charge is 0.511 e. The molecule has 0 amide bonds. The van der Waals surface area contributed by atoms with Crippen molar-refractivity contribution in [1.82, 2.24) is 0 Å². The summed E-state index contributed by atoms with van der Waals surface area (Å²) in [6.45, 7) is 0.